The van der Waals surface area contributed by atoms with E-state index >= 15 is 0 Å². The topological polar surface area (TPSA) is 50.7 Å². The zero-order valence-corrected chi connectivity index (χ0v) is 15.9. The minimum Gasteiger partial charge on any atom is -0.377 e. The summed E-state index contributed by atoms with van der Waals surface area (Å²) in [4.78, 5) is 0. The van der Waals surface area contributed by atoms with Crippen LogP contribution in [-0.2, 0) is 5.75 Å². The summed E-state index contributed by atoms with van der Waals surface area (Å²) in [6.45, 7) is 0. The van der Waals surface area contributed by atoms with Gasteiger partial charge in [0.05, 0.1) is 6.21 Å². The number of hydrogen-bond acceptors (Lipinski definition) is 3. The van der Waals surface area contributed by atoms with Gasteiger partial charge in [-0.3, -0.25) is 0 Å². The molecule has 2 aromatic carbocycles. The molecule has 2 aromatic rings. The number of amidine groups is 1. The summed E-state index contributed by atoms with van der Waals surface area (Å²) < 4.78 is 14.9. The molecule has 0 radical (unpaired) electrons. The molecule has 22 heavy (non-hydrogen) atoms. The lowest BCUT2D eigenvalue weighted by Crippen LogP contribution is -2.06. The number of thioether (sulfide) groups is 1. The monoisotopic (exact) mass is 491 g/mol. The molecule has 0 unspecified atom stereocenters. The Morgan fingerprint density at radius 2 is 2.05 bits per heavy atom. The number of benzene rings is 2. The maximum absolute atomic E-state index is 13.4. The highest BCUT2D eigenvalue weighted by molar-refractivity contribution is 14.1. The van der Waals surface area contributed by atoms with Crippen LogP contribution in [0.25, 0.3) is 0 Å². The van der Waals surface area contributed by atoms with E-state index in [4.69, 9.17) is 5.73 Å². The van der Waals surface area contributed by atoms with Gasteiger partial charge in [0.1, 0.15) is 5.82 Å². The average molecular weight is 492 g/mol. The largest absolute Gasteiger partial charge is 0.377 e. The molecule has 2 N–H and O–H groups in total. The maximum Gasteiger partial charge on any atom is 0.180 e. The fourth-order valence-electron chi connectivity index (χ4n) is 1.58. The molecular formula is C15H12BrFIN3S. The van der Waals surface area contributed by atoms with Crippen molar-refractivity contribution in [1.29, 1.82) is 0 Å². The summed E-state index contributed by atoms with van der Waals surface area (Å²) in [5, 5.41) is 8.19. The molecule has 0 aliphatic rings. The third-order valence-corrected chi connectivity index (χ3v) is 5.94. The second-order valence-corrected chi connectivity index (χ2v) is 7.20. The molecule has 0 aliphatic heterocycles. The highest BCUT2D eigenvalue weighted by Gasteiger charge is 2.05. The van der Waals surface area contributed by atoms with Gasteiger partial charge in [0.25, 0.3) is 0 Å². The van der Waals surface area contributed by atoms with Crippen LogP contribution in [0, 0.1) is 9.39 Å². The third kappa shape index (κ3) is 5.36. The zero-order chi connectivity index (χ0) is 15.9. The van der Waals surface area contributed by atoms with Crippen LogP contribution in [0.1, 0.15) is 11.1 Å². The lowest BCUT2D eigenvalue weighted by atomic mass is 10.2. The SMILES string of the molecule is NC(=NN=Cc1cc(F)cc(I)c1Br)SCc1ccccc1. The second-order valence-electron chi connectivity index (χ2n) is 4.25. The minimum absolute atomic E-state index is 0.315. The van der Waals surface area contributed by atoms with Gasteiger partial charge >= 0.3 is 0 Å². The lowest BCUT2D eigenvalue weighted by molar-refractivity contribution is 0.626. The summed E-state index contributed by atoms with van der Waals surface area (Å²) in [6.07, 6.45) is 1.48. The molecule has 0 spiro atoms. The van der Waals surface area contributed by atoms with Crippen molar-refractivity contribution in [1.82, 2.24) is 0 Å². The Morgan fingerprint density at radius 3 is 2.77 bits per heavy atom. The van der Waals surface area contributed by atoms with Crippen LogP contribution >= 0.6 is 50.3 Å². The van der Waals surface area contributed by atoms with Gasteiger partial charge in [-0.15, -0.1) is 5.10 Å². The van der Waals surface area contributed by atoms with E-state index in [1.165, 1.54) is 30.1 Å². The Morgan fingerprint density at radius 1 is 1.32 bits per heavy atom. The van der Waals surface area contributed by atoms with Gasteiger partial charge in [-0.2, -0.15) is 5.10 Å². The van der Waals surface area contributed by atoms with Crippen LogP contribution in [0.4, 0.5) is 4.39 Å². The molecule has 0 saturated heterocycles. The number of hydrogen-bond donors (Lipinski definition) is 1. The van der Waals surface area contributed by atoms with Crippen molar-refractivity contribution in [3.8, 4) is 0 Å². The first-order valence-electron chi connectivity index (χ1n) is 6.24. The predicted molar refractivity (Wildman–Crippen MR) is 104 cm³/mol. The number of halogens is 3. The summed E-state index contributed by atoms with van der Waals surface area (Å²) in [7, 11) is 0. The fraction of sp³-hybridized carbons (Fsp3) is 0.0667. The standard InChI is InChI=1S/C15H12BrFIN3S/c16-14-11(6-12(17)7-13(14)18)8-20-21-15(19)22-9-10-4-2-1-3-5-10/h1-8H,9H2,(H2,19,21). The van der Waals surface area contributed by atoms with E-state index in [1.807, 2.05) is 52.9 Å². The van der Waals surface area contributed by atoms with Crippen molar-refractivity contribution < 1.29 is 4.39 Å². The van der Waals surface area contributed by atoms with Crippen LogP contribution < -0.4 is 5.73 Å². The highest BCUT2D eigenvalue weighted by atomic mass is 127. The first-order chi connectivity index (χ1) is 10.6. The van der Waals surface area contributed by atoms with Gasteiger partial charge in [0, 0.05) is 19.4 Å². The van der Waals surface area contributed by atoms with Crippen molar-refractivity contribution in [2.24, 2.45) is 15.9 Å². The highest BCUT2D eigenvalue weighted by Crippen LogP contribution is 2.23. The van der Waals surface area contributed by atoms with Crippen molar-refractivity contribution in [3.05, 3.63) is 67.5 Å². The van der Waals surface area contributed by atoms with Gasteiger partial charge in [0.2, 0.25) is 0 Å². The van der Waals surface area contributed by atoms with E-state index < -0.39 is 0 Å². The Kier molecular flexibility index (Phi) is 6.84. The molecule has 0 aliphatic carbocycles. The van der Waals surface area contributed by atoms with Gasteiger partial charge in [0.15, 0.2) is 5.17 Å². The Hall–Kier alpha value is -0.930. The molecule has 7 heteroatoms. The van der Waals surface area contributed by atoms with Crippen molar-refractivity contribution in [2.75, 3.05) is 0 Å². The van der Waals surface area contributed by atoms with Crippen molar-refractivity contribution >= 4 is 61.7 Å². The van der Waals surface area contributed by atoms with Crippen LogP contribution in [0.2, 0.25) is 0 Å². The number of nitrogens with two attached hydrogens (primary N) is 1. The summed E-state index contributed by atoms with van der Waals surface area (Å²) >= 11 is 6.84. The normalized spacial score (nSPS) is 12.0. The van der Waals surface area contributed by atoms with Gasteiger partial charge in [-0.25, -0.2) is 4.39 Å². The first-order valence-corrected chi connectivity index (χ1v) is 9.10. The van der Waals surface area contributed by atoms with Crippen molar-refractivity contribution in [2.45, 2.75) is 5.75 Å². The molecule has 0 aromatic heterocycles. The summed E-state index contributed by atoms with van der Waals surface area (Å²) in [6, 6.07) is 12.8. The molecule has 0 heterocycles. The smallest absolute Gasteiger partial charge is 0.180 e. The van der Waals surface area contributed by atoms with Gasteiger partial charge < -0.3 is 5.73 Å². The maximum atomic E-state index is 13.4. The Labute approximate surface area is 154 Å². The fourth-order valence-corrected chi connectivity index (χ4v) is 3.13. The van der Waals surface area contributed by atoms with E-state index in [1.54, 1.807) is 0 Å². The number of nitrogens with zero attached hydrogens (tertiary/aromatic N) is 2. The Bertz CT molecular complexity index is 707. The molecular weight excluding hydrogens is 480 g/mol. The van der Waals surface area contributed by atoms with Crippen LogP contribution in [0.5, 0.6) is 0 Å². The second kappa shape index (κ2) is 8.64. The average Bonchev–Trinajstić information content (AvgIpc) is 2.51. The molecule has 0 amide bonds. The number of rotatable bonds is 4. The molecule has 0 bridgehead atoms. The van der Waals surface area contributed by atoms with Crippen molar-refractivity contribution in [3.63, 3.8) is 0 Å². The Balaban J connectivity index is 1.98. The van der Waals surface area contributed by atoms with Gasteiger partial charge in [-0.1, -0.05) is 42.1 Å². The van der Waals surface area contributed by atoms with Gasteiger partial charge in [-0.05, 0) is 56.2 Å². The summed E-state index contributed by atoms with van der Waals surface area (Å²) in [5.41, 5.74) is 7.58. The predicted octanol–water partition coefficient (Wildman–Crippen LogP) is 4.77. The summed E-state index contributed by atoms with van der Waals surface area (Å²) in [5.74, 6) is 0.414. The van der Waals surface area contributed by atoms with Crippen LogP contribution in [0.15, 0.2) is 57.1 Å². The van der Waals surface area contributed by atoms with E-state index in [0.29, 0.717) is 10.7 Å². The zero-order valence-electron chi connectivity index (χ0n) is 11.3. The molecule has 0 saturated carbocycles. The molecule has 3 nitrogen and oxygen atoms in total. The third-order valence-electron chi connectivity index (χ3n) is 2.60. The molecule has 0 fully saturated rings. The molecule has 114 valence electrons. The van der Waals surface area contributed by atoms with Crippen LogP contribution in [-0.4, -0.2) is 11.4 Å². The minimum atomic E-state index is -0.315. The molecule has 0 atom stereocenters. The lowest BCUT2D eigenvalue weighted by Gasteiger charge is -2.01. The molecule has 2 rings (SSSR count). The quantitative estimate of drug-likeness (QED) is 0.220. The van der Waals surface area contributed by atoms with E-state index in [-0.39, 0.29) is 5.82 Å². The van der Waals surface area contributed by atoms with E-state index in [2.05, 4.69) is 26.1 Å². The van der Waals surface area contributed by atoms with Crippen LogP contribution in [0.3, 0.4) is 0 Å². The van der Waals surface area contributed by atoms with E-state index in [9.17, 15) is 4.39 Å². The van der Waals surface area contributed by atoms with E-state index in [0.717, 1.165) is 19.4 Å². The first kappa shape index (κ1) is 17.4.